The summed E-state index contributed by atoms with van der Waals surface area (Å²) >= 11 is 3.31. The Kier molecular flexibility index (Phi) is 4.21. The molecule has 1 unspecified atom stereocenters. The van der Waals surface area contributed by atoms with Crippen LogP contribution in [0.25, 0.3) is 0 Å². The summed E-state index contributed by atoms with van der Waals surface area (Å²) in [5.74, 6) is -0.117. The maximum absolute atomic E-state index is 12.0. The lowest BCUT2D eigenvalue weighted by atomic mass is 10.2. The molecule has 2 aromatic rings. The Morgan fingerprint density at radius 3 is 3.00 bits per heavy atom. The first-order chi connectivity index (χ1) is 9.06. The van der Waals surface area contributed by atoms with Crippen LogP contribution >= 0.6 is 15.9 Å². The van der Waals surface area contributed by atoms with Crippen molar-refractivity contribution in [2.24, 2.45) is 0 Å². The standard InChI is InChI=1S/C13H15BrN4O/c1-9(7-18-5-4-16-8-18)17-13(19)10-2-3-12(15)11(14)6-10/h2-6,8-9H,7,15H2,1H3,(H,17,19). The van der Waals surface area contributed by atoms with E-state index in [1.165, 1.54) is 0 Å². The third-order valence-electron chi connectivity index (χ3n) is 2.68. The quantitative estimate of drug-likeness (QED) is 0.846. The second-order valence-electron chi connectivity index (χ2n) is 4.37. The van der Waals surface area contributed by atoms with E-state index in [2.05, 4.69) is 26.2 Å². The van der Waals surface area contributed by atoms with E-state index in [0.29, 0.717) is 17.8 Å². The summed E-state index contributed by atoms with van der Waals surface area (Å²) in [6.45, 7) is 2.63. The van der Waals surface area contributed by atoms with Crippen molar-refractivity contribution in [1.29, 1.82) is 0 Å². The predicted molar refractivity (Wildman–Crippen MR) is 77.7 cm³/mol. The molecule has 0 radical (unpaired) electrons. The van der Waals surface area contributed by atoms with Crippen molar-refractivity contribution in [3.8, 4) is 0 Å². The molecule has 1 atom stereocenters. The average molecular weight is 323 g/mol. The number of carbonyl (C=O) groups is 1. The highest BCUT2D eigenvalue weighted by Crippen LogP contribution is 2.20. The van der Waals surface area contributed by atoms with E-state index in [1.54, 1.807) is 30.7 Å². The number of nitrogens with one attached hydrogen (secondary N) is 1. The van der Waals surface area contributed by atoms with Crippen molar-refractivity contribution >= 4 is 27.5 Å². The third kappa shape index (κ3) is 3.57. The summed E-state index contributed by atoms with van der Waals surface area (Å²) in [4.78, 5) is 16.0. The van der Waals surface area contributed by atoms with E-state index in [4.69, 9.17) is 5.73 Å². The van der Waals surface area contributed by atoms with Gasteiger partial charge in [0.05, 0.1) is 6.33 Å². The fraction of sp³-hybridized carbons (Fsp3) is 0.231. The van der Waals surface area contributed by atoms with Gasteiger partial charge in [0.1, 0.15) is 0 Å². The Bertz CT molecular complexity index is 568. The lowest BCUT2D eigenvalue weighted by Crippen LogP contribution is -2.35. The van der Waals surface area contributed by atoms with Gasteiger partial charge < -0.3 is 15.6 Å². The molecule has 0 bridgehead atoms. The zero-order chi connectivity index (χ0) is 13.8. The van der Waals surface area contributed by atoms with Crippen LogP contribution in [0.5, 0.6) is 0 Å². The van der Waals surface area contributed by atoms with Crippen molar-refractivity contribution in [1.82, 2.24) is 14.9 Å². The minimum atomic E-state index is -0.117. The number of hydrogen-bond acceptors (Lipinski definition) is 3. The number of aromatic nitrogens is 2. The number of amides is 1. The van der Waals surface area contributed by atoms with Crippen LogP contribution in [0.1, 0.15) is 17.3 Å². The fourth-order valence-electron chi connectivity index (χ4n) is 1.73. The molecule has 6 heteroatoms. The van der Waals surface area contributed by atoms with Crippen molar-refractivity contribution in [3.63, 3.8) is 0 Å². The van der Waals surface area contributed by atoms with E-state index >= 15 is 0 Å². The molecular weight excluding hydrogens is 308 g/mol. The van der Waals surface area contributed by atoms with Crippen LogP contribution in [-0.2, 0) is 6.54 Å². The number of carbonyl (C=O) groups excluding carboxylic acids is 1. The number of imidazole rings is 1. The number of halogens is 1. The van der Waals surface area contributed by atoms with Gasteiger partial charge in [-0.1, -0.05) is 0 Å². The van der Waals surface area contributed by atoms with Crippen LogP contribution in [0, 0.1) is 0 Å². The van der Waals surface area contributed by atoms with Crippen LogP contribution in [0.2, 0.25) is 0 Å². The maximum atomic E-state index is 12.0. The smallest absolute Gasteiger partial charge is 0.251 e. The number of benzene rings is 1. The van der Waals surface area contributed by atoms with E-state index in [9.17, 15) is 4.79 Å². The molecule has 0 saturated carbocycles. The van der Waals surface area contributed by atoms with Gasteiger partial charge in [-0.25, -0.2) is 4.98 Å². The zero-order valence-electron chi connectivity index (χ0n) is 10.5. The summed E-state index contributed by atoms with van der Waals surface area (Å²) in [6, 6.07) is 5.14. The Labute approximate surface area is 120 Å². The first-order valence-corrected chi connectivity index (χ1v) is 6.67. The topological polar surface area (TPSA) is 72.9 Å². The highest BCUT2D eigenvalue weighted by atomic mass is 79.9. The molecule has 0 saturated heterocycles. The van der Waals surface area contributed by atoms with Gasteiger partial charge in [0, 0.05) is 40.7 Å². The lowest BCUT2D eigenvalue weighted by Gasteiger charge is -2.14. The first-order valence-electron chi connectivity index (χ1n) is 5.88. The lowest BCUT2D eigenvalue weighted by molar-refractivity contribution is 0.0936. The number of anilines is 1. The van der Waals surface area contributed by atoms with Crippen LogP contribution in [0.3, 0.4) is 0 Å². The first kappa shape index (κ1) is 13.6. The number of nitrogens with two attached hydrogens (primary N) is 1. The summed E-state index contributed by atoms with van der Waals surface area (Å²) in [6.07, 6.45) is 5.30. The Balaban J connectivity index is 1.98. The molecule has 1 aromatic heterocycles. The second kappa shape index (κ2) is 5.88. The summed E-state index contributed by atoms with van der Waals surface area (Å²) in [5.41, 5.74) is 6.89. The molecule has 1 heterocycles. The van der Waals surface area contributed by atoms with Crippen molar-refractivity contribution < 1.29 is 4.79 Å². The molecule has 0 aliphatic rings. The molecule has 0 spiro atoms. The minimum absolute atomic E-state index is 0.0121. The monoisotopic (exact) mass is 322 g/mol. The maximum Gasteiger partial charge on any atom is 0.251 e. The van der Waals surface area contributed by atoms with Gasteiger partial charge in [0.2, 0.25) is 0 Å². The molecule has 1 aromatic carbocycles. The zero-order valence-corrected chi connectivity index (χ0v) is 12.1. The van der Waals surface area contributed by atoms with E-state index in [0.717, 1.165) is 4.47 Å². The molecule has 3 N–H and O–H groups in total. The Morgan fingerprint density at radius 1 is 1.58 bits per heavy atom. The van der Waals surface area contributed by atoms with E-state index in [-0.39, 0.29) is 11.9 Å². The number of nitrogens with zero attached hydrogens (tertiary/aromatic N) is 2. The predicted octanol–water partition coefficient (Wildman–Crippen LogP) is 2.05. The second-order valence-corrected chi connectivity index (χ2v) is 5.22. The molecule has 19 heavy (non-hydrogen) atoms. The molecule has 1 amide bonds. The fourth-order valence-corrected chi connectivity index (χ4v) is 2.11. The molecule has 5 nitrogen and oxygen atoms in total. The highest BCUT2D eigenvalue weighted by Gasteiger charge is 2.11. The van der Waals surface area contributed by atoms with Crippen molar-refractivity contribution in [2.45, 2.75) is 19.5 Å². The normalized spacial score (nSPS) is 12.1. The Morgan fingerprint density at radius 2 is 2.37 bits per heavy atom. The van der Waals surface area contributed by atoms with Gasteiger partial charge in [-0.05, 0) is 41.1 Å². The molecule has 0 aliphatic heterocycles. The molecular formula is C13H15BrN4O. The molecule has 0 aliphatic carbocycles. The summed E-state index contributed by atoms with van der Waals surface area (Å²) in [5, 5.41) is 2.93. The third-order valence-corrected chi connectivity index (χ3v) is 3.37. The molecule has 0 fully saturated rings. The van der Waals surface area contributed by atoms with Crippen LogP contribution < -0.4 is 11.1 Å². The van der Waals surface area contributed by atoms with Crippen LogP contribution in [0.4, 0.5) is 5.69 Å². The highest BCUT2D eigenvalue weighted by molar-refractivity contribution is 9.10. The molecule has 100 valence electrons. The summed E-state index contributed by atoms with van der Waals surface area (Å²) < 4.78 is 2.64. The van der Waals surface area contributed by atoms with E-state index < -0.39 is 0 Å². The van der Waals surface area contributed by atoms with Gasteiger partial charge in [0.15, 0.2) is 0 Å². The average Bonchev–Trinajstić information content (AvgIpc) is 2.85. The van der Waals surface area contributed by atoms with Crippen LogP contribution in [-0.4, -0.2) is 21.5 Å². The van der Waals surface area contributed by atoms with Gasteiger partial charge in [-0.3, -0.25) is 4.79 Å². The minimum Gasteiger partial charge on any atom is -0.398 e. The van der Waals surface area contributed by atoms with Crippen molar-refractivity contribution in [2.75, 3.05) is 5.73 Å². The van der Waals surface area contributed by atoms with Crippen LogP contribution in [0.15, 0.2) is 41.4 Å². The van der Waals surface area contributed by atoms with E-state index in [1.807, 2.05) is 17.7 Å². The van der Waals surface area contributed by atoms with Gasteiger partial charge >= 0.3 is 0 Å². The largest absolute Gasteiger partial charge is 0.398 e. The molecule has 2 rings (SSSR count). The van der Waals surface area contributed by atoms with Gasteiger partial charge in [-0.15, -0.1) is 0 Å². The Hall–Kier alpha value is -1.82. The number of rotatable bonds is 4. The van der Waals surface area contributed by atoms with Gasteiger partial charge in [0.25, 0.3) is 5.91 Å². The van der Waals surface area contributed by atoms with Gasteiger partial charge in [-0.2, -0.15) is 0 Å². The number of hydrogen-bond donors (Lipinski definition) is 2. The summed E-state index contributed by atoms with van der Waals surface area (Å²) in [7, 11) is 0. The van der Waals surface area contributed by atoms with Crippen molar-refractivity contribution in [3.05, 3.63) is 47.0 Å². The number of nitrogen functional groups attached to an aromatic ring is 1. The SMILES string of the molecule is CC(Cn1ccnc1)NC(=O)c1ccc(N)c(Br)c1.